The van der Waals surface area contributed by atoms with Gasteiger partial charge in [0.25, 0.3) is 0 Å². The molecule has 1 heterocycles. The third-order valence-electron chi connectivity index (χ3n) is 3.54. The van der Waals surface area contributed by atoms with Crippen LogP contribution in [0.3, 0.4) is 0 Å². The molecule has 25 heavy (non-hydrogen) atoms. The second-order valence-corrected chi connectivity index (χ2v) is 5.98. The van der Waals surface area contributed by atoms with Gasteiger partial charge < -0.3 is 9.47 Å². The van der Waals surface area contributed by atoms with Gasteiger partial charge in [-0.05, 0) is 55.7 Å². The minimum absolute atomic E-state index is 0.490. The highest BCUT2D eigenvalue weighted by Crippen LogP contribution is 2.28. The molecule has 0 bridgehead atoms. The number of aromatic amines is 1. The molecule has 0 atom stereocenters. The molecule has 0 aliphatic carbocycles. The summed E-state index contributed by atoms with van der Waals surface area (Å²) in [5, 5.41) is 11.5. The fourth-order valence-corrected chi connectivity index (χ4v) is 2.47. The van der Waals surface area contributed by atoms with Crippen LogP contribution in [0, 0.1) is 4.77 Å². The van der Waals surface area contributed by atoms with Crippen LogP contribution in [0.15, 0.2) is 23.3 Å². The zero-order valence-electron chi connectivity index (χ0n) is 15.1. The van der Waals surface area contributed by atoms with Crippen molar-refractivity contribution in [1.29, 1.82) is 0 Å². The van der Waals surface area contributed by atoms with Crippen LogP contribution in [0.5, 0.6) is 11.5 Å². The Labute approximate surface area is 153 Å². The number of rotatable bonds is 10. The maximum atomic E-state index is 5.80. The molecule has 0 fully saturated rings. The van der Waals surface area contributed by atoms with Gasteiger partial charge in [-0.1, -0.05) is 20.3 Å². The van der Waals surface area contributed by atoms with E-state index in [4.69, 9.17) is 21.7 Å². The minimum atomic E-state index is 0.490. The van der Waals surface area contributed by atoms with E-state index < -0.39 is 0 Å². The molecule has 2 rings (SSSR count). The predicted molar refractivity (Wildman–Crippen MR) is 102 cm³/mol. The zero-order valence-corrected chi connectivity index (χ0v) is 15.9. The Morgan fingerprint density at radius 3 is 2.76 bits per heavy atom. The topological polar surface area (TPSA) is 64.4 Å². The number of nitrogens with one attached hydrogen (secondary N) is 1. The number of benzene rings is 1. The number of hydrogen-bond acceptors (Lipinski definition) is 5. The van der Waals surface area contributed by atoms with Crippen LogP contribution >= 0.6 is 12.2 Å². The van der Waals surface area contributed by atoms with Crippen molar-refractivity contribution in [2.24, 2.45) is 5.10 Å². The van der Waals surface area contributed by atoms with Crippen molar-refractivity contribution in [3.8, 4) is 11.5 Å². The monoisotopic (exact) mass is 362 g/mol. The van der Waals surface area contributed by atoms with E-state index in [1.165, 1.54) is 0 Å². The lowest BCUT2D eigenvalue weighted by Crippen LogP contribution is -2.02. The molecule has 0 saturated heterocycles. The smallest absolute Gasteiger partial charge is 0.216 e. The summed E-state index contributed by atoms with van der Waals surface area (Å²) in [4.78, 5) is 0. The number of aromatic nitrogens is 3. The second-order valence-electron chi connectivity index (χ2n) is 5.59. The number of nitrogens with zero attached hydrogens (tertiary/aromatic N) is 3. The molecular formula is C18H26N4O2S. The number of ether oxygens (including phenoxy) is 2. The van der Waals surface area contributed by atoms with Crippen LogP contribution in [-0.2, 0) is 6.42 Å². The predicted octanol–water partition coefficient (Wildman–Crippen LogP) is 4.35. The van der Waals surface area contributed by atoms with E-state index in [1.54, 1.807) is 10.9 Å². The van der Waals surface area contributed by atoms with Crippen LogP contribution in [0.2, 0.25) is 0 Å². The first-order chi connectivity index (χ1) is 12.2. The average molecular weight is 362 g/mol. The summed E-state index contributed by atoms with van der Waals surface area (Å²) in [5.41, 5.74) is 0.914. The zero-order chi connectivity index (χ0) is 18.1. The quantitative estimate of drug-likeness (QED) is 0.388. The highest BCUT2D eigenvalue weighted by Gasteiger charge is 2.07. The van der Waals surface area contributed by atoms with Crippen molar-refractivity contribution in [2.45, 2.75) is 46.5 Å². The van der Waals surface area contributed by atoms with Crippen molar-refractivity contribution in [2.75, 3.05) is 13.2 Å². The SMILES string of the molecule is CCCCOc1ccc(/C=N/n2c(CCC)n[nH]c2=S)cc1OCC. The normalized spacial score (nSPS) is 11.2. The summed E-state index contributed by atoms with van der Waals surface area (Å²) in [7, 11) is 0. The van der Waals surface area contributed by atoms with Crippen molar-refractivity contribution in [1.82, 2.24) is 14.9 Å². The molecule has 0 unspecified atom stereocenters. The highest BCUT2D eigenvalue weighted by atomic mass is 32.1. The Bertz CT molecular complexity index is 752. The van der Waals surface area contributed by atoms with E-state index in [1.807, 2.05) is 25.1 Å². The van der Waals surface area contributed by atoms with E-state index in [0.29, 0.717) is 18.0 Å². The molecule has 0 amide bonds. The van der Waals surface area contributed by atoms with Gasteiger partial charge in [0, 0.05) is 6.42 Å². The van der Waals surface area contributed by atoms with E-state index in [0.717, 1.165) is 48.6 Å². The maximum Gasteiger partial charge on any atom is 0.216 e. The van der Waals surface area contributed by atoms with Gasteiger partial charge in [-0.15, -0.1) is 0 Å². The standard InChI is InChI=1S/C18H26N4O2S/c1-4-7-11-24-15-10-9-14(12-16(15)23-6-3)13-19-22-17(8-5-2)20-21-18(22)25/h9-10,12-13H,4-8,11H2,1-3H3,(H,21,25)/b19-13+. The fourth-order valence-electron chi connectivity index (χ4n) is 2.27. The summed E-state index contributed by atoms with van der Waals surface area (Å²) in [6, 6.07) is 5.80. The van der Waals surface area contributed by atoms with E-state index in [2.05, 4.69) is 29.1 Å². The lowest BCUT2D eigenvalue weighted by atomic mass is 10.2. The Kier molecular flexibility index (Phi) is 7.66. The molecule has 0 radical (unpaired) electrons. The number of unbranched alkanes of at least 4 members (excludes halogenated alkanes) is 1. The summed E-state index contributed by atoms with van der Waals surface area (Å²) in [5.74, 6) is 2.32. The van der Waals surface area contributed by atoms with Crippen LogP contribution < -0.4 is 9.47 Å². The molecule has 1 N–H and O–H groups in total. The number of aryl methyl sites for hydroxylation is 1. The van der Waals surface area contributed by atoms with Crippen LogP contribution in [0.4, 0.5) is 0 Å². The van der Waals surface area contributed by atoms with E-state index in [9.17, 15) is 0 Å². The van der Waals surface area contributed by atoms with Gasteiger partial charge in [0.05, 0.1) is 19.4 Å². The lowest BCUT2D eigenvalue weighted by molar-refractivity contribution is 0.272. The van der Waals surface area contributed by atoms with Gasteiger partial charge in [0.1, 0.15) is 0 Å². The fraction of sp³-hybridized carbons (Fsp3) is 0.500. The first kappa shape index (κ1) is 19.2. The van der Waals surface area contributed by atoms with Gasteiger partial charge in [-0.25, -0.2) is 0 Å². The molecule has 0 spiro atoms. The summed E-state index contributed by atoms with van der Waals surface area (Å²) < 4.78 is 13.6. The Morgan fingerprint density at radius 2 is 2.04 bits per heavy atom. The molecule has 1 aromatic heterocycles. The molecule has 0 aliphatic heterocycles. The second kappa shape index (κ2) is 9.98. The Hall–Kier alpha value is -2.15. The van der Waals surface area contributed by atoms with Gasteiger partial charge in [-0.3, -0.25) is 5.10 Å². The Balaban J connectivity index is 2.20. The van der Waals surface area contributed by atoms with E-state index in [-0.39, 0.29) is 0 Å². The van der Waals surface area contributed by atoms with Crippen LogP contribution in [0.1, 0.15) is 51.4 Å². The van der Waals surface area contributed by atoms with Gasteiger partial charge >= 0.3 is 0 Å². The number of hydrogen-bond donors (Lipinski definition) is 1. The molecule has 136 valence electrons. The number of H-pyrrole nitrogens is 1. The van der Waals surface area contributed by atoms with Crippen LogP contribution in [0.25, 0.3) is 0 Å². The first-order valence-corrected chi connectivity index (χ1v) is 9.20. The minimum Gasteiger partial charge on any atom is -0.490 e. The van der Waals surface area contributed by atoms with Crippen molar-refractivity contribution in [3.63, 3.8) is 0 Å². The van der Waals surface area contributed by atoms with E-state index >= 15 is 0 Å². The first-order valence-electron chi connectivity index (χ1n) is 8.79. The largest absolute Gasteiger partial charge is 0.490 e. The van der Waals surface area contributed by atoms with Crippen molar-refractivity contribution >= 4 is 18.4 Å². The summed E-state index contributed by atoms with van der Waals surface area (Å²) in [6.07, 6.45) is 5.67. The average Bonchev–Trinajstić information content (AvgIpc) is 2.95. The molecule has 6 nitrogen and oxygen atoms in total. The Morgan fingerprint density at radius 1 is 1.20 bits per heavy atom. The molecule has 1 aromatic carbocycles. The highest BCUT2D eigenvalue weighted by molar-refractivity contribution is 7.71. The third-order valence-corrected chi connectivity index (χ3v) is 3.80. The lowest BCUT2D eigenvalue weighted by Gasteiger charge is -2.12. The van der Waals surface area contributed by atoms with Gasteiger partial charge in [-0.2, -0.15) is 14.9 Å². The maximum absolute atomic E-state index is 5.80. The summed E-state index contributed by atoms with van der Waals surface area (Å²) in [6.45, 7) is 7.46. The van der Waals surface area contributed by atoms with Gasteiger partial charge in [0.15, 0.2) is 17.3 Å². The van der Waals surface area contributed by atoms with Crippen LogP contribution in [-0.4, -0.2) is 34.3 Å². The van der Waals surface area contributed by atoms with Crippen molar-refractivity contribution < 1.29 is 9.47 Å². The molecule has 0 aliphatic rings. The third kappa shape index (κ3) is 5.42. The summed E-state index contributed by atoms with van der Waals surface area (Å²) >= 11 is 5.24. The molecule has 0 saturated carbocycles. The molecule has 2 aromatic rings. The molecule has 7 heteroatoms. The van der Waals surface area contributed by atoms with Gasteiger partial charge in [0.2, 0.25) is 4.77 Å². The van der Waals surface area contributed by atoms with Crippen molar-refractivity contribution in [3.05, 3.63) is 34.4 Å². The molecular weight excluding hydrogens is 336 g/mol.